The van der Waals surface area contributed by atoms with Crippen LogP contribution in [-0.2, 0) is 16.1 Å². The number of halogens is 2. The lowest BCUT2D eigenvalue weighted by atomic mass is 10.2. The van der Waals surface area contributed by atoms with Gasteiger partial charge < -0.3 is 9.47 Å². The Labute approximate surface area is 92.7 Å². The fraction of sp³-hybridized carbons (Fsp3) is 0.400. The van der Waals surface area contributed by atoms with Crippen molar-refractivity contribution < 1.29 is 9.47 Å². The third-order valence-corrected chi connectivity index (χ3v) is 2.58. The SMILES string of the molecule is Clc1ccc(Cl)c(COCC2CO2)c1. The number of hydrogen-bond acceptors (Lipinski definition) is 2. The molecule has 14 heavy (non-hydrogen) atoms. The maximum absolute atomic E-state index is 5.96. The molecule has 1 aromatic rings. The second-order valence-electron chi connectivity index (χ2n) is 3.21. The van der Waals surface area contributed by atoms with E-state index in [9.17, 15) is 0 Å². The molecule has 1 unspecified atom stereocenters. The Bertz CT molecular complexity index is 324. The minimum absolute atomic E-state index is 0.285. The van der Waals surface area contributed by atoms with Crippen LogP contribution in [0.25, 0.3) is 0 Å². The minimum Gasteiger partial charge on any atom is -0.374 e. The van der Waals surface area contributed by atoms with E-state index in [1.807, 2.05) is 6.07 Å². The van der Waals surface area contributed by atoms with E-state index in [2.05, 4.69) is 0 Å². The highest BCUT2D eigenvalue weighted by atomic mass is 35.5. The van der Waals surface area contributed by atoms with Crippen LogP contribution in [-0.4, -0.2) is 19.3 Å². The summed E-state index contributed by atoms with van der Waals surface area (Å²) in [7, 11) is 0. The minimum atomic E-state index is 0.285. The van der Waals surface area contributed by atoms with Crippen molar-refractivity contribution in [2.24, 2.45) is 0 Å². The van der Waals surface area contributed by atoms with Gasteiger partial charge in [-0.1, -0.05) is 23.2 Å². The highest BCUT2D eigenvalue weighted by Crippen LogP contribution is 2.21. The van der Waals surface area contributed by atoms with Crippen molar-refractivity contribution in [2.75, 3.05) is 13.2 Å². The first-order valence-corrected chi connectivity index (χ1v) is 5.14. The van der Waals surface area contributed by atoms with E-state index < -0.39 is 0 Å². The zero-order chi connectivity index (χ0) is 9.97. The third-order valence-electron chi connectivity index (χ3n) is 1.97. The smallest absolute Gasteiger partial charge is 0.104 e. The Morgan fingerprint density at radius 3 is 2.93 bits per heavy atom. The molecule has 1 heterocycles. The number of ether oxygens (including phenoxy) is 2. The molecule has 0 aromatic heterocycles. The van der Waals surface area contributed by atoms with Crippen molar-refractivity contribution in [1.29, 1.82) is 0 Å². The predicted octanol–water partition coefficient (Wildman–Crippen LogP) is 2.91. The zero-order valence-electron chi connectivity index (χ0n) is 7.50. The fourth-order valence-corrected chi connectivity index (χ4v) is 1.49. The Kier molecular flexibility index (Phi) is 3.29. The van der Waals surface area contributed by atoms with Crippen LogP contribution < -0.4 is 0 Å². The maximum Gasteiger partial charge on any atom is 0.104 e. The van der Waals surface area contributed by atoms with Gasteiger partial charge in [-0.3, -0.25) is 0 Å². The molecule has 1 fully saturated rings. The van der Waals surface area contributed by atoms with Gasteiger partial charge >= 0.3 is 0 Å². The van der Waals surface area contributed by atoms with Crippen molar-refractivity contribution in [2.45, 2.75) is 12.7 Å². The van der Waals surface area contributed by atoms with Crippen LogP contribution in [0.2, 0.25) is 10.0 Å². The van der Waals surface area contributed by atoms with Gasteiger partial charge in [-0.15, -0.1) is 0 Å². The molecule has 0 saturated carbocycles. The van der Waals surface area contributed by atoms with Gasteiger partial charge in [0.05, 0.1) is 19.8 Å². The first-order chi connectivity index (χ1) is 6.75. The maximum atomic E-state index is 5.96. The van der Waals surface area contributed by atoms with E-state index in [1.165, 1.54) is 0 Å². The fourth-order valence-electron chi connectivity index (χ4n) is 1.12. The first kappa shape index (κ1) is 10.2. The van der Waals surface area contributed by atoms with Crippen LogP contribution >= 0.6 is 23.2 Å². The molecule has 1 atom stereocenters. The molecule has 0 bridgehead atoms. The van der Waals surface area contributed by atoms with E-state index in [4.69, 9.17) is 32.7 Å². The van der Waals surface area contributed by atoms with Crippen LogP contribution in [0.4, 0.5) is 0 Å². The third kappa shape index (κ3) is 2.85. The average molecular weight is 233 g/mol. The van der Waals surface area contributed by atoms with Crippen molar-refractivity contribution in [3.8, 4) is 0 Å². The van der Waals surface area contributed by atoms with Crippen LogP contribution in [0.5, 0.6) is 0 Å². The van der Waals surface area contributed by atoms with Crippen LogP contribution in [0.1, 0.15) is 5.56 Å². The van der Waals surface area contributed by atoms with Crippen LogP contribution in [0, 0.1) is 0 Å². The van der Waals surface area contributed by atoms with Gasteiger partial charge in [0, 0.05) is 10.0 Å². The van der Waals surface area contributed by atoms with Gasteiger partial charge in [-0.05, 0) is 23.8 Å². The summed E-state index contributed by atoms with van der Waals surface area (Å²) >= 11 is 11.8. The molecule has 0 N–H and O–H groups in total. The van der Waals surface area contributed by atoms with Gasteiger partial charge in [-0.2, -0.15) is 0 Å². The second kappa shape index (κ2) is 4.49. The Morgan fingerprint density at radius 1 is 1.43 bits per heavy atom. The van der Waals surface area contributed by atoms with Crippen molar-refractivity contribution in [1.82, 2.24) is 0 Å². The van der Waals surface area contributed by atoms with Crippen LogP contribution in [0.3, 0.4) is 0 Å². The lowest BCUT2D eigenvalue weighted by molar-refractivity contribution is 0.104. The highest BCUT2D eigenvalue weighted by molar-refractivity contribution is 6.33. The standard InChI is InChI=1S/C10H10Cl2O2/c11-8-1-2-10(12)7(3-8)4-13-5-9-6-14-9/h1-3,9H,4-6H2. The molecule has 1 saturated heterocycles. The van der Waals surface area contributed by atoms with Gasteiger partial charge in [0.1, 0.15) is 6.10 Å². The summed E-state index contributed by atoms with van der Waals surface area (Å²) in [5, 5.41) is 1.36. The zero-order valence-corrected chi connectivity index (χ0v) is 9.02. The molecule has 1 aromatic carbocycles. The summed E-state index contributed by atoms with van der Waals surface area (Å²) in [6.07, 6.45) is 0.285. The normalized spacial score (nSPS) is 19.7. The van der Waals surface area contributed by atoms with Crippen LogP contribution in [0.15, 0.2) is 18.2 Å². The number of epoxide rings is 1. The molecule has 2 rings (SSSR count). The summed E-state index contributed by atoms with van der Waals surface area (Å²) < 4.78 is 10.4. The Morgan fingerprint density at radius 2 is 2.21 bits per heavy atom. The van der Waals surface area contributed by atoms with Gasteiger partial charge in [-0.25, -0.2) is 0 Å². The molecular weight excluding hydrogens is 223 g/mol. The molecule has 0 amide bonds. The van der Waals surface area contributed by atoms with E-state index >= 15 is 0 Å². The van der Waals surface area contributed by atoms with E-state index in [1.54, 1.807) is 12.1 Å². The Balaban J connectivity index is 1.89. The second-order valence-corrected chi connectivity index (χ2v) is 4.05. The quantitative estimate of drug-likeness (QED) is 0.746. The summed E-state index contributed by atoms with van der Waals surface area (Å²) in [6.45, 7) is 1.92. The lowest BCUT2D eigenvalue weighted by Gasteiger charge is -2.05. The number of benzene rings is 1. The Hall–Kier alpha value is -0.280. The summed E-state index contributed by atoms with van der Waals surface area (Å²) in [5.74, 6) is 0. The number of rotatable bonds is 4. The molecule has 4 heteroatoms. The predicted molar refractivity (Wildman–Crippen MR) is 55.9 cm³/mol. The van der Waals surface area contributed by atoms with Gasteiger partial charge in [0.25, 0.3) is 0 Å². The molecule has 76 valence electrons. The van der Waals surface area contributed by atoms with E-state index in [0.29, 0.717) is 23.3 Å². The van der Waals surface area contributed by atoms with Gasteiger partial charge in [0.15, 0.2) is 0 Å². The highest BCUT2D eigenvalue weighted by Gasteiger charge is 2.22. The van der Waals surface area contributed by atoms with Crippen molar-refractivity contribution in [3.63, 3.8) is 0 Å². The molecule has 0 aliphatic carbocycles. The van der Waals surface area contributed by atoms with Crippen molar-refractivity contribution in [3.05, 3.63) is 33.8 Å². The van der Waals surface area contributed by atoms with E-state index in [0.717, 1.165) is 12.2 Å². The molecule has 0 spiro atoms. The summed E-state index contributed by atoms with van der Waals surface area (Å²) in [4.78, 5) is 0. The van der Waals surface area contributed by atoms with Crippen molar-refractivity contribution >= 4 is 23.2 Å². The topological polar surface area (TPSA) is 21.8 Å². The molecular formula is C10H10Cl2O2. The largest absolute Gasteiger partial charge is 0.374 e. The monoisotopic (exact) mass is 232 g/mol. The van der Waals surface area contributed by atoms with E-state index in [-0.39, 0.29) is 6.10 Å². The molecule has 0 radical (unpaired) electrons. The summed E-state index contributed by atoms with van der Waals surface area (Å²) in [5.41, 5.74) is 0.916. The molecule has 1 aliphatic rings. The lowest BCUT2D eigenvalue weighted by Crippen LogP contribution is -2.01. The first-order valence-electron chi connectivity index (χ1n) is 4.39. The molecule has 2 nitrogen and oxygen atoms in total. The molecule has 1 aliphatic heterocycles. The summed E-state index contributed by atoms with van der Waals surface area (Å²) in [6, 6.07) is 5.35. The number of hydrogen-bond donors (Lipinski definition) is 0. The van der Waals surface area contributed by atoms with Gasteiger partial charge in [0.2, 0.25) is 0 Å². The average Bonchev–Trinajstić information content (AvgIpc) is 2.95.